The molecule has 0 radical (unpaired) electrons. The molecular weight excluding hydrogens is 881 g/mol. The number of aromatic nitrogens is 1. The van der Waals surface area contributed by atoms with Crippen LogP contribution in [0.4, 0.5) is 4.79 Å². The van der Waals surface area contributed by atoms with E-state index >= 15 is 0 Å². The predicted molar refractivity (Wildman–Crippen MR) is 251 cm³/mol. The number of amides is 4. The van der Waals surface area contributed by atoms with Gasteiger partial charge in [-0.25, -0.2) is 18.2 Å². The Balaban J connectivity index is 0.918. The SMILES string of the molecule is C=C[C@@H]1C[C@]1(NC(=O)[C@@H]1CCCN1C(=O)[C@@H](NC(=O)O[C@@H]1CCC[C@H]1CCCCCc1c(OC)nc2ccccc2c1OCCN1CCOCC1)C(C)(C)C)C(=O)NS(=O)(=O)C1(C(C)=O)CC1. The molecule has 1 aromatic heterocycles. The molecule has 0 unspecified atom stereocenters. The Morgan fingerprint density at radius 3 is 2.43 bits per heavy atom. The van der Waals surface area contributed by atoms with Crippen molar-refractivity contribution in [2.45, 2.75) is 140 Å². The molecule has 3 saturated carbocycles. The number of benzene rings is 1. The van der Waals surface area contributed by atoms with Gasteiger partial charge in [-0.1, -0.05) is 51.8 Å². The molecular formula is C49H70N6O11S. The Morgan fingerprint density at radius 1 is 1.01 bits per heavy atom. The van der Waals surface area contributed by atoms with Crippen LogP contribution in [0.3, 0.4) is 0 Å². The number of Topliss-reactive ketones (excluding diaryl/α,β-unsaturated/α-hetero) is 1. The molecule has 1 aromatic carbocycles. The Hall–Kier alpha value is -4.81. The molecule has 6 atom stereocenters. The number of alkyl carbamates (subject to hydrolysis) is 1. The van der Waals surface area contributed by atoms with E-state index in [0.717, 1.165) is 106 Å². The third kappa shape index (κ3) is 11.1. The van der Waals surface area contributed by atoms with Crippen LogP contribution in [-0.4, -0.2) is 134 Å². The number of nitrogens with zero attached hydrogens (tertiary/aromatic N) is 3. The number of pyridine rings is 1. The van der Waals surface area contributed by atoms with Crippen LogP contribution in [0, 0.1) is 17.3 Å². The fourth-order valence-electron chi connectivity index (χ4n) is 10.2. The van der Waals surface area contributed by atoms with E-state index in [-0.39, 0.29) is 37.8 Å². The van der Waals surface area contributed by atoms with Gasteiger partial charge in [0, 0.05) is 37.5 Å². The van der Waals surface area contributed by atoms with Gasteiger partial charge in [0.15, 0.2) is 5.78 Å². The molecule has 7 rings (SSSR count). The minimum absolute atomic E-state index is 0.113. The first-order valence-corrected chi connectivity index (χ1v) is 25.6. The molecule has 2 aliphatic heterocycles. The zero-order valence-corrected chi connectivity index (χ0v) is 40.7. The van der Waals surface area contributed by atoms with Crippen LogP contribution < -0.4 is 24.8 Å². The van der Waals surface area contributed by atoms with Crippen LogP contribution >= 0.6 is 0 Å². The number of hydrogen-bond acceptors (Lipinski definition) is 13. The van der Waals surface area contributed by atoms with Crippen LogP contribution in [-0.2, 0) is 45.1 Å². The number of sulfonamides is 1. The Morgan fingerprint density at radius 2 is 1.76 bits per heavy atom. The molecule has 5 aliphatic rings. The third-order valence-corrected chi connectivity index (χ3v) is 16.7. The topological polar surface area (TPSA) is 212 Å². The second kappa shape index (κ2) is 20.8. The van der Waals surface area contributed by atoms with Gasteiger partial charge in [-0.05, 0) is 101 Å². The number of nitrogens with one attached hydrogen (secondary N) is 3. The Labute approximate surface area is 394 Å². The zero-order chi connectivity index (χ0) is 48.1. The first-order chi connectivity index (χ1) is 31.9. The lowest BCUT2D eigenvalue weighted by atomic mass is 9.85. The lowest BCUT2D eigenvalue weighted by Crippen LogP contribution is -2.60. The summed E-state index contributed by atoms with van der Waals surface area (Å²) >= 11 is 0. The fourth-order valence-corrected chi connectivity index (χ4v) is 11.8. The normalized spacial score (nSPS) is 25.2. The number of carbonyl (C=O) groups is 5. The van der Waals surface area contributed by atoms with E-state index < -0.39 is 73.3 Å². The number of fused-ring (bicyclic) bond motifs is 1. The number of ether oxygens (including phenoxy) is 4. The van der Waals surface area contributed by atoms with E-state index in [1.807, 2.05) is 45.0 Å². The largest absolute Gasteiger partial charge is 0.491 e. The first kappa shape index (κ1) is 50.1. The highest BCUT2D eigenvalue weighted by atomic mass is 32.2. The minimum atomic E-state index is -4.35. The summed E-state index contributed by atoms with van der Waals surface area (Å²) < 4.78 is 50.6. The van der Waals surface area contributed by atoms with E-state index in [9.17, 15) is 32.4 Å². The van der Waals surface area contributed by atoms with Gasteiger partial charge in [-0.15, -0.1) is 6.58 Å². The summed E-state index contributed by atoms with van der Waals surface area (Å²) in [6.45, 7) is 15.3. The summed E-state index contributed by atoms with van der Waals surface area (Å²) in [6.07, 6.45) is 8.63. The van der Waals surface area contributed by atoms with Crippen LogP contribution in [0.1, 0.15) is 110 Å². The van der Waals surface area contributed by atoms with Gasteiger partial charge < -0.3 is 34.5 Å². The highest BCUT2D eigenvalue weighted by Gasteiger charge is 2.65. The van der Waals surface area contributed by atoms with Crippen molar-refractivity contribution in [3.8, 4) is 11.6 Å². The number of para-hydroxylation sites is 1. The van der Waals surface area contributed by atoms with E-state index in [1.54, 1.807) is 7.11 Å². The molecule has 3 aliphatic carbocycles. The van der Waals surface area contributed by atoms with Crippen LogP contribution in [0.25, 0.3) is 10.9 Å². The standard InChI is InChI=1S/C49H70N6O11S/c1-7-34-31-49(34,45(59)53-67(61,62)48(22-23-48)32(2)56)52-42(57)38-20-14-24-55(38)44(58)41(47(3,4)5)51-46(60)66-39-21-13-16-33(39)15-9-8-10-18-36-40(65-30-27-54-25-28-64-29-26-54)35-17-11-12-19-37(35)50-43(36)63-6/h7,11-12,17,19,33-34,38-39,41H,1,8-10,13-16,18,20-31H2,2-6H3,(H,51,60)(H,52,57)(H,53,59)/t33-,34-,38+,39-,41-,49-/m1/s1. The summed E-state index contributed by atoms with van der Waals surface area (Å²) in [5.41, 5.74) is -0.566. The molecule has 18 heteroatoms. The molecule has 2 aromatic rings. The molecule has 0 bridgehead atoms. The third-order valence-electron chi connectivity index (χ3n) is 14.6. The van der Waals surface area contributed by atoms with E-state index in [1.165, 1.54) is 17.9 Å². The number of unbranched alkanes of at least 4 members (excludes halogenated alkanes) is 2. The Bertz CT molecular complexity index is 2290. The van der Waals surface area contributed by atoms with Crippen molar-refractivity contribution in [2.75, 3.05) is 53.1 Å². The van der Waals surface area contributed by atoms with Crippen LogP contribution in [0.15, 0.2) is 36.9 Å². The van der Waals surface area contributed by atoms with Crippen molar-refractivity contribution in [1.29, 1.82) is 0 Å². The van der Waals surface area contributed by atoms with E-state index in [0.29, 0.717) is 25.3 Å². The summed E-state index contributed by atoms with van der Waals surface area (Å²) in [4.78, 5) is 76.3. The fraction of sp³-hybridized carbons (Fsp3) is 0.673. The van der Waals surface area contributed by atoms with Crippen LogP contribution in [0.5, 0.6) is 11.6 Å². The molecule has 67 heavy (non-hydrogen) atoms. The predicted octanol–water partition coefficient (Wildman–Crippen LogP) is 4.99. The minimum Gasteiger partial charge on any atom is -0.491 e. The molecule has 5 fully saturated rings. The van der Waals surface area contributed by atoms with E-state index in [4.69, 9.17) is 23.9 Å². The monoisotopic (exact) mass is 950 g/mol. The summed E-state index contributed by atoms with van der Waals surface area (Å²) in [5.74, 6) is -1.53. The smallest absolute Gasteiger partial charge is 0.408 e. The highest BCUT2D eigenvalue weighted by Crippen LogP contribution is 2.48. The van der Waals surface area contributed by atoms with Gasteiger partial charge in [0.1, 0.15) is 40.8 Å². The van der Waals surface area contributed by atoms with Crippen LogP contribution in [0.2, 0.25) is 0 Å². The second-order valence-electron chi connectivity index (χ2n) is 20.1. The molecule has 3 heterocycles. The maximum absolute atomic E-state index is 14.3. The quantitative estimate of drug-likeness (QED) is 0.111. The first-order valence-electron chi connectivity index (χ1n) is 24.1. The number of methoxy groups -OCH3 is 1. The van der Waals surface area contributed by atoms with Crippen molar-refractivity contribution in [3.05, 3.63) is 42.5 Å². The summed E-state index contributed by atoms with van der Waals surface area (Å²) in [7, 11) is -2.70. The summed E-state index contributed by atoms with van der Waals surface area (Å²) in [6, 6.07) is 5.97. The van der Waals surface area contributed by atoms with E-state index in [2.05, 4.69) is 26.8 Å². The second-order valence-corrected chi connectivity index (χ2v) is 22.1. The van der Waals surface area contributed by atoms with Crippen molar-refractivity contribution in [2.24, 2.45) is 17.3 Å². The maximum atomic E-state index is 14.3. The number of morpholine rings is 1. The molecule has 17 nitrogen and oxygen atoms in total. The van der Waals surface area contributed by atoms with Gasteiger partial charge in [-0.3, -0.25) is 28.8 Å². The molecule has 2 saturated heterocycles. The lowest BCUT2D eigenvalue weighted by Gasteiger charge is -2.36. The highest BCUT2D eigenvalue weighted by molar-refractivity contribution is 7.92. The van der Waals surface area contributed by atoms with Gasteiger partial charge in [0.05, 0.1) is 31.4 Å². The number of carbonyl (C=O) groups excluding carboxylic acids is 5. The van der Waals surface area contributed by atoms with Crippen molar-refractivity contribution >= 4 is 50.5 Å². The van der Waals surface area contributed by atoms with Gasteiger partial charge >= 0.3 is 6.09 Å². The van der Waals surface area contributed by atoms with Crippen molar-refractivity contribution in [1.82, 2.24) is 30.1 Å². The number of hydrogen-bond donors (Lipinski definition) is 3. The lowest BCUT2D eigenvalue weighted by molar-refractivity contribution is -0.142. The van der Waals surface area contributed by atoms with Gasteiger partial charge in [0.25, 0.3) is 5.91 Å². The average Bonchev–Trinajstić information content (AvgIpc) is 4.15. The molecule has 4 amide bonds. The molecule has 0 spiro atoms. The van der Waals surface area contributed by atoms with Crippen molar-refractivity contribution < 1.29 is 51.3 Å². The average molecular weight is 951 g/mol. The number of ketones is 1. The van der Waals surface area contributed by atoms with Crippen molar-refractivity contribution in [3.63, 3.8) is 0 Å². The van der Waals surface area contributed by atoms with Gasteiger partial charge in [0.2, 0.25) is 27.7 Å². The number of rotatable bonds is 21. The Kier molecular flexibility index (Phi) is 15.6. The maximum Gasteiger partial charge on any atom is 0.408 e. The molecule has 3 N–H and O–H groups in total. The zero-order valence-electron chi connectivity index (χ0n) is 39.9. The summed E-state index contributed by atoms with van der Waals surface area (Å²) in [5, 5.41) is 6.58. The molecule has 368 valence electrons. The number of likely N-dealkylation sites (tertiary alicyclic amines) is 1. The van der Waals surface area contributed by atoms with Gasteiger partial charge in [-0.2, -0.15) is 0 Å².